The smallest absolute Gasteiger partial charge is 0.180 e. The Morgan fingerprint density at radius 1 is 1.41 bits per heavy atom. The number of aromatic nitrogens is 2. The largest absolute Gasteiger partial charge is 0.494 e. The third-order valence-electron chi connectivity index (χ3n) is 3.77. The standard InChI is InChI=1S/C16H20N4OS/c1-21-14-5-2-8-18-12(14)4-3-9-20-10-6-13-15(7-11-20)22-16(17)19-13/h2-5,8H,6-7,9-11H2,1H3,(H2,17,19). The van der Waals surface area contributed by atoms with Crippen LogP contribution in [0.1, 0.15) is 16.3 Å². The number of nitrogens with two attached hydrogens (primary N) is 1. The summed E-state index contributed by atoms with van der Waals surface area (Å²) in [6, 6.07) is 3.80. The van der Waals surface area contributed by atoms with Gasteiger partial charge in [-0.3, -0.25) is 9.88 Å². The minimum absolute atomic E-state index is 0.695. The molecule has 0 amide bonds. The number of fused-ring (bicyclic) bond motifs is 1. The Hall–Kier alpha value is -1.92. The number of nitrogen functional groups attached to an aromatic ring is 1. The van der Waals surface area contributed by atoms with Gasteiger partial charge in [-0.05, 0) is 24.6 Å². The Morgan fingerprint density at radius 3 is 3.14 bits per heavy atom. The van der Waals surface area contributed by atoms with Crippen LogP contribution in [-0.4, -0.2) is 41.6 Å². The molecular weight excluding hydrogens is 296 g/mol. The van der Waals surface area contributed by atoms with Crippen molar-refractivity contribution in [3.8, 4) is 5.75 Å². The van der Waals surface area contributed by atoms with E-state index in [1.807, 2.05) is 18.2 Å². The van der Waals surface area contributed by atoms with Gasteiger partial charge in [-0.15, -0.1) is 11.3 Å². The highest BCUT2D eigenvalue weighted by Gasteiger charge is 2.16. The van der Waals surface area contributed by atoms with Crippen molar-refractivity contribution in [2.24, 2.45) is 0 Å². The van der Waals surface area contributed by atoms with Crippen molar-refractivity contribution in [1.82, 2.24) is 14.9 Å². The molecule has 1 aliphatic heterocycles. The molecule has 0 spiro atoms. The van der Waals surface area contributed by atoms with E-state index < -0.39 is 0 Å². The van der Waals surface area contributed by atoms with Crippen molar-refractivity contribution in [1.29, 1.82) is 0 Å². The van der Waals surface area contributed by atoms with Crippen LogP contribution in [0.5, 0.6) is 5.75 Å². The Morgan fingerprint density at radius 2 is 2.27 bits per heavy atom. The van der Waals surface area contributed by atoms with Crippen LogP contribution in [0.15, 0.2) is 24.4 Å². The molecule has 22 heavy (non-hydrogen) atoms. The van der Waals surface area contributed by atoms with Crippen LogP contribution < -0.4 is 10.5 Å². The van der Waals surface area contributed by atoms with Crippen molar-refractivity contribution in [2.45, 2.75) is 12.8 Å². The second-order valence-corrected chi connectivity index (χ2v) is 6.33. The van der Waals surface area contributed by atoms with Gasteiger partial charge < -0.3 is 10.5 Å². The molecule has 0 aromatic carbocycles. The van der Waals surface area contributed by atoms with Gasteiger partial charge in [0.1, 0.15) is 11.4 Å². The molecule has 116 valence electrons. The fraction of sp³-hybridized carbons (Fsp3) is 0.375. The van der Waals surface area contributed by atoms with Gasteiger partial charge in [-0.1, -0.05) is 6.08 Å². The van der Waals surface area contributed by atoms with Crippen LogP contribution in [0.3, 0.4) is 0 Å². The van der Waals surface area contributed by atoms with E-state index in [4.69, 9.17) is 10.5 Å². The van der Waals surface area contributed by atoms with Crippen LogP contribution in [0, 0.1) is 0 Å². The van der Waals surface area contributed by atoms with Crippen molar-refractivity contribution in [2.75, 3.05) is 32.5 Å². The quantitative estimate of drug-likeness (QED) is 0.937. The number of hydrogen-bond acceptors (Lipinski definition) is 6. The summed E-state index contributed by atoms with van der Waals surface area (Å²) in [5, 5.41) is 0.695. The topological polar surface area (TPSA) is 64.3 Å². The Balaban J connectivity index is 1.58. The summed E-state index contributed by atoms with van der Waals surface area (Å²) >= 11 is 1.63. The Bertz CT molecular complexity index is 642. The molecule has 1 aliphatic rings. The summed E-state index contributed by atoms with van der Waals surface area (Å²) in [5.74, 6) is 0.802. The lowest BCUT2D eigenvalue weighted by molar-refractivity contribution is 0.318. The molecule has 0 aliphatic carbocycles. The zero-order valence-electron chi connectivity index (χ0n) is 12.7. The van der Waals surface area contributed by atoms with E-state index in [0.29, 0.717) is 5.13 Å². The summed E-state index contributed by atoms with van der Waals surface area (Å²) < 4.78 is 5.30. The van der Waals surface area contributed by atoms with Gasteiger partial charge in [-0.25, -0.2) is 4.98 Å². The zero-order valence-corrected chi connectivity index (χ0v) is 13.5. The highest BCUT2D eigenvalue weighted by Crippen LogP contribution is 2.24. The monoisotopic (exact) mass is 316 g/mol. The molecule has 0 radical (unpaired) electrons. The fourth-order valence-corrected chi connectivity index (χ4v) is 3.49. The zero-order chi connectivity index (χ0) is 15.4. The molecule has 5 nitrogen and oxygen atoms in total. The highest BCUT2D eigenvalue weighted by atomic mass is 32.1. The van der Waals surface area contributed by atoms with Crippen LogP contribution in [-0.2, 0) is 12.8 Å². The molecule has 3 heterocycles. The predicted octanol–water partition coefficient (Wildman–Crippen LogP) is 2.24. The molecule has 0 fully saturated rings. The van der Waals surface area contributed by atoms with Crippen LogP contribution in [0.4, 0.5) is 5.13 Å². The number of ether oxygens (including phenoxy) is 1. The second-order valence-electron chi connectivity index (χ2n) is 5.22. The molecule has 2 aromatic rings. The van der Waals surface area contributed by atoms with Crippen LogP contribution >= 0.6 is 11.3 Å². The molecule has 0 unspecified atom stereocenters. The van der Waals surface area contributed by atoms with Crippen LogP contribution in [0.2, 0.25) is 0 Å². The van der Waals surface area contributed by atoms with E-state index in [9.17, 15) is 0 Å². The minimum atomic E-state index is 0.695. The number of methoxy groups -OCH3 is 1. The summed E-state index contributed by atoms with van der Waals surface area (Å²) in [4.78, 5) is 12.5. The first-order chi connectivity index (χ1) is 10.8. The van der Waals surface area contributed by atoms with Crippen molar-refractivity contribution in [3.63, 3.8) is 0 Å². The minimum Gasteiger partial charge on any atom is -0.494 e. The average molecular weight is 316 g/mol. The summed E-state index contributed by atoms with van der Waals surface area (Å²) in [6.45, 7) is 2.96. The average Bonchev–Trinajstić information content (AvgIpc) is 2.79. The lowest BCUT2D eigenvalue weighted by Crippen LogP contribution is -2.26. The van der Waals surface area contributed by atoms with Crippen molar-refractivity contribution < 1.29 is 4.74 Å². The van der Waals surface area contributed by atoms with Gasteiger partial charge in [0.25, 0.3) is 0 Å². The lowest BCUT2D eigenvalue weighted by Gasteiger charge is -2.17. The molecular formula is C16H20N4OS. The van der Waals surface area contributed by atoms with Gasteiger partial charge in [0.2, 0.25) is 0 Å². The molecule has 0 atom stereocenters. The van der Waals surface area contributed by atoms with Crippen LogP contribution in [0.25, 0.3) is 6.08 Å². The van der Waals surface area contributed by atoms with E-state index in [1.165, 1.54) is 10.6 Å². The first-order valence-corrected chi connectivity index (χ1v) is 8.20. The molecule has 6 heteroatoms. The first kappa shape index (κ1) is 15.0. The Labute approximate surface area is 134 Å². The van der Waals surface area contributed by atoms with E-state index in [1.54, 1.807) is 24.6 Å². The molecule has 2 aromatic heterocycles. The third kappa shape index (κ3) is 3.45. The number of nitrogens with zero attached hydrogens (tertiary/aromatic N) is 3. The van der Waals surface area contributed by atoms with Crippen molar-refractivity contribution in [3.05, 3.63) is 40.7 Å². The Kier molecular flexibility index (Phi) is 4.70. The molecule has 0 saturated carbocycles. The van der Waals surface area contributed by atoms with Gasteiger partial charge in [0, 0.05) is 37.1 Å². The highest BCUT2D eigenvalue weighted by molar-refractivity contribution is 7.15. The van der Waals surface area contributed by atoms with Gasteiger partial charge in [-0.2, -0.15) is 0 Å². The summed E-state index contributed by atoms with van der Waals surface area (Å²) in [7, 11) is 1.67. The third-order valence-corrected chi connectivity index (χ3v) is 4.76. The molecule has 0 bridgehead atoms. The van der Waals surface area contributed by atoms with E-state index >= 15 is 0 Å². The SMILES string of the molecule is COc1cccnc1C=CCN1CCc2nc(N)sc2CC1. The van der Waals surface area contributed by atoms with Gasteiger partial charge >= 0.3 is 0 Å². The summed E-state index contributed by atoms with van der Waals surface area (Å²) in [5.41, 5.74) is 7.83. The molecule has 0 saturated heterocycles. The normalized spacial score (nSPS) is 15.7. The number of pyridine rings is 1. The number of thiazole rings is 1. The van der Waals surface area contributed by atoms with Gasteiger partial charge in [0.15, 0.2) is 5.13 Å². The van der Waals surface area contributed by atoms with Gasteiger partial charge in [0.05, 0.1) is 12.8 Å². The predicted molar refractivity (Wildman–Crippen MR) is 90.2 cm³/mol. The fourth-order valence-electron chi connectivity index (χ4n) is 2.63. The lowest BCUT2D eigenvalue weighted by atomic mass is 10.2. The number of rotatable bonds is 4. The van der Waals surface area contributed by atoms with E-state index in [2.05, 4.69) is 20.9 Å². The van der Waals surface area contributed by atoms with Crippen molar-refractivity contribution >= 4 is 22.5 Å². The number of anilines is 1. The molecule has 2 N–H and O–H groups in total. The molecule has 3 rings (SSSR count). The summed E-state index contributed by atoms with van der Waals surface area (Å²) in [6.07, 6.45) is 7.96. The maximum atomic E-state index is 5.78. The van der Waals surface area contributed by atoms with E-state index in [0.717, 1.165) is 43.9 Å². The maximum Gasteiger partial charge on any atom is 0.180 e. The second kappa shape index (κ2) is 6.89. The maximum absolute atomic E-state index is 5.78. The van der Waals surface area contributed by atoms with E-state index in [-0.39, 0.29) is 0 Å². The number of hydrogen-bond donors (Lipinski definition) is 1. The first-order valence-electron chi connectivity index (χ1n) is 7.38.